The number of fused-ring (bicyclic) bond motifs is 2. The van der Waals surface area contributed by atoms with Crippen LogP contribution in [0.2, 0.25) is 0 Å². The van der Waals surface area contributed by atoms with Gasteiger partial charge in [-0.05, 0) is 23.8 Å². The Balaban J connectivity index is 1.44. The smallest absolute Gasteiger partial charge is 0.224 e. The van der Waals surface area contributed by atoms with Crippen molar-refractivity contribution in [3.63, 3.8) is 0 Å². The average molecular weight is 315 g/mol. The quantitative estimate of drug-likeness (QED) is 0.605. The maximum absolute atomic E-state index is 12.2. The summed E-state index contributed by atoms with van der Waals surface area (Å²) in [6, 6.07) is 20.0. The summed E-state index contributed by atoms with van der Waals surface area (Å²) in [6.07, 6.45) is 2.26. The third-order valence-corrected chi connectivity index (χ3v) is 4.15. The van der Waals surface area contributed by atoms with Crippen LogP contribution >= 0.6 is 0 Å². The van der Waals surface area contributed by atoms with Crippen molar-refractivity contribution >= 4 is 27.7 Å². The Morgan fingerprint density at radius 3 is 2.79 bits per heavy atom. The summed E-state index contributed by atoms with van der Waals surface area (Å²) in [5.74, 6) is -0.00490. The predicted molar refractivity (Wildman–Crippen MR) is 95.6 cm³/mol. The van der Waals surface area contributed by atoms with Crippen LogP contribution in [0.3, 0.4) is 0 Å². The SMILES string of the molecule is O=C(Cc1c[nH]c2ccccc12)NCc1ccc2ccccc2n1. The third-order valence-electron chi connectivity index (χ3n) is 4.15. The molecule has 4 aromatic rings. The number of nitrogens with one attached hydrogen (secondary N) is 2. The van der Waals surface area contributed by atoms with Crippen molar-refractivity contribution in [2.75, 3.05) is 0 Å². The second-order valence-corrected chi connectivity index (χ2v) is 5.81. The lowest BCUT2D eigenvalue weighted by Gasteiger charge is -2.06. The van der Waals surface area contributed by atoms with Crippen molar-refractivity contribution in [3.8, 4) is 0 Å². The molecule has 0 atom stereocenters. The van der Waals surface area contributed by atoms with Crippen LogP contribution in [0, 0.1) is 0 Å². The molecule has 0 spiro atoms. The highest BCUT2D eigenvalue weighted by Gasteiger charge is 2.08. The van der Waals surface area contributed by atoms with Gasteiger partial charge in [0.1, 0.15) is 0 Å². The van der Waals surface area contributed by atoms with Gasteiger partial charge in [-0.15, -0.1) is 0 Å². The molecule has 2 heterocycles. The Kier molecular flexibility index (Phi) is 3.71. The highest BCUT2D eigenvalue weighted by molar-refractivity contribution is 5.88. The van der Waals surface area contributed by atoms with E-state index in [1.807, 2.05) is 66.9 Å². The highest BCUT2D eigenvalue weighted by Crippen LogP contribution is 2.18. The Morgan fingerprint density at radius 1 is 1.00 bits per heavy atom. The zero-order chi connectivity index (χ0) is 16.4. The lowest BCUT2D eigenvalue weighted by atomic mass is 10.1. The first kappa shape index (κ1) is 14.5. The molecule has 0 saturated carbocycles. The Hall–Kier alpha value is -3.14. The zero-order valence-electron chi connectivity index (χ0n) is 13.1. The number of hydrogen-bond donors (Lipinski definition) is 2. The van der Waals surface area contributed by atoms with E-state index in [2.05, 4.69) is 15.3 Å². The Labute approximate surface area is 139 Å². The van der Waals surface area contributed by atoms with Gasteiger partial charge in [0.25, 0.3) is 0 Å². The largest absolute Gasteiger partial charge is 0.361 e. The fourth-order valence-corrected chi connectivity index (χ4v) is 2.91. The summed E-state index contributed by atoms with van der Waals surface area (Å²) < 4.78 is 0. The van der Waals surface area contributed by atoms with Gasteiger partial charge in [0.05, 0.1) is 24.2 Å². The molecule has 2 aromatic heterocycles. The number of carbonyl (C=O) groups excluding carboxylic acids is 1. The van der Waals surface area contributed by atoms with Gasteiger partial charge < -0.3 is 10.3 Å². The molecule has 2 N–H and O–H groups in total. The van der Waals surface area contributed by atoms with Crippen molar-refractivity contribution in [1.29, 1.82) is 0 Å². The molecule has 0 aliphatic carbocycles. The van der Waals surface area contributed by atoms with E-state index in [9.17, 15) is 4.79 Å². The molecule has 24 heavy (non-hydrogen) atoms. The Bertz CT molecular complexity index is 1020. The number of amides is 1. The van der Waals surface area contributed by atoms with Crippen molar-refractivity contribution in [2.24, 2.45) is 0 Å². The zero-order valence-corrected chi connectivity index (χ0v) is 13.1. The van der Waals surface area contributed by atoms with Crippen LogP contribution < -0.4 is 5.32 Å². The van der Waals surface area contributed by atoms with Gasteiger partial charge in [-0.2, -0.15) is 0 Å². The number of pyridine rings is 1. The first-order chi connectivity index (χ1) is 11.8. The van der Waals surface area contributed by atoms with Crippen LogP contribution in [-0.2, 0) is 17.8 Å². The first-order valence-corrected chi connectivity index (χ1v) is 7.96. The number of para-hydroxylation sites is 2. The van der Waals surface area contributed by atoms with Crippen LogP contribution in [0.15, 0.2) is 66.9 Å². The number of aromatic nitrogens is 2. The lowest BCUT2D eigenvalue weighted by molar-refractivity contribution is -0.120. The maximum Gasteiger partial charge on any atom is 0.224 e. The van der Waals surface area contributed by atoms with Crippen molar-refractivity contribution < 1.29 is 4.79 Å². The summed E-state index contributed by atoms with van der Waals surface area (Å²) >= 11 is 0. The third kappa shape index (κ3) is 2.86. The molecular formula is C20H17N3O. The molecule has 0 bridgehead atoms. The molecule has 2 aromatic carbocycles. The number of nitrogens with zero attached hydrogens (tertiary/aromatic N) is 1. The van der Waals surface area contributed by atoms with Gasteiger partial charge in [-0.1, -0.05) is 42.5 Å². The molecular weight excluding hydrogens is 298 g/mol. The van der Waals surface area contributed by atoms with Crippen LogP contribution in [0.1, 0.15) is 11.3 Å². The molecule has 1 amide bonds. The number of aromatic amines is 1. The number of carbonyl (C=O) groups is 1. The molecule has 0 saturated heterocycles. The highest BCUT2D eigenvalue weighted by atomic mass is 16.1. The number of rotatable bonds is 4. The molecule has 0 fully saturated rings. The summed E-state index contributed by atoms with van der Waals surface area (Å²) in [4.78, 5) is 20.0. The normalized spacial score (nSPS) is 11.0. The van der Waals surface area contributed by atoms with Crippen LogP contribution in [0.4, 0.5) is 0 Å². The minimum Gasteiger partial charge on any atom is -0.361 e. The van der Waals surface area contributed by atoms with Gasteiger partial charge in [-0.25, -0.2) is 0 Å². The van der Waals surface area contributed by atoms with E-state index in [1.165, 1.54) is 0 Å². The van der Waals surface area contributed by atoms with Crippen molar-refractivity contribution in [1.82, 2.24) is 15.3 Å². The first-order valence-electron chi connectivity index (χ1n) is 7.96. The summed E-state index contributed by atoms with van der Waals surface area (Å²) in [6.45, 7) is 0.437. The van der Waals surface area contributed by atoms with Crippen molar-refractivity contribution in [3.05, 3.63) is 78.1 Å². The fraction of sp³-hybridized carbons (Fsp3) is 0.100. The average Bonchev–Trinajstić information content (AvgIpc) is 3.03. The second kappa shape index (κ2) is 6.16. The van der Waals surface area contributed by atoms with E-state index in [0.29, 0.717) is 13.0 Å². The molecule has 4 heteroatoms. The van der Waals surface area contributed by atoms with Crippen LogP contribution in [0.5, 0.6) is 0 Å². The summed E-state index contributed by atoms with van der Waals surface area (Å²) in [5, 5.41) is 5.15. The topological polar surface area (TPSA) is 57.8 Å². The van der Waals surface area contributed by atoms with Crippen LogP contribution in [-0.4, -0.2) is 15.9 Å². The minimum atomic E-state index is -0.00490. The van der Waals surface area contributed by atoms with Crippen molar-refractivity contribution in [2.45, 2.75) is 13.0 Å². The Morgan fingerprint density at radius 2 is 1.83 bits per heavy atom. The van der Waals surface area contributed by atoms with E-state index < -0.39 is 0 Å². The van der Waals surface area contributed by atoms with E-state index in [1.54, 1.807) is 0 Å². The molecule has 4 rings (SSSR count). The number of H-pyrrole nitrogens is 1. The fourth-order valence-electron chi connectivity index (χ4n) is 2.91. The van der Waals surface area contributed by atoms with Gasteiger partial charge in [-0.3, -0.25) is 9.78 Å². The van der Waals surface area contributed by atoms with E-state index in [4.69, 9.17) is 0 Å². The lowest BCUT2D eigenvalue weighted by Crippen LogP contribution is -2.24. The number of hydrogen-bond acceptors (Lipinski definition) is 2. The van der Waals surface area contributed by atoms with E-state index in [-0.39, 0.29) is 5.91 Å². The summed E-state index contributed by atoms with van der Waals surface area (Å²) in [5.41, 5.74) is 3.87. The van der Waals surface area contributed by atoms with E-state index >= 15 is 0 Å². The molecule has 0 radical (unpaired) electrons. The molecule has 4 nitrogen and oxygen atoms in total. The van der Waals surface area contributed by atoms with Crippen LogP contribution in [0.25, 0.3) is 21.8 Å². The van der Waals surface area contributed by atoms with Gasteiger partial charge in [0, 0.05) is 22.5 Å². The summed E-state index contributed by atoms with van der Waals surface area (Å²) in [7, 11) is 0. The van der Waals surface area contributed by atoms with Gasteiger partial charge in [0.15, 0.2) is 0 Å². The number of benzene rings is 2. The molecule has 0 unspecified atom stereocenters. The molecule has 0 aliphatic rings. The second-order valence-electron chi connectivity index (χ2n) is 5.81. The molecule has 0 aliphatic heterocycles. The predicted octanol–water partition coefficient (Wildman–Crippen LogP) is 3.58. The van der Waals surface area contributed by atoms with E-state index in [0.717, 1.165) is 33.1 Å². The molecule has 118 valence electrons. The minimum absolute atomic E-state index is 0.00490. The van der Waals surface area contributed by atoms with Gasteiger partial charge >= 0.3 is 0 Å². The maximum atomic E-state index is 12.2. The van der Waals surface area contributed by atoms with Gasteiger partial charge in [0.2, 0.25) is 5.91 Å². The monoisotopic (exact) mass is 315 g/mol. The standard InChI is InChI=1S/C20H17N3O/c24-20(11-15-12-21-19-8-4-2-6-17(15)19)22-13-16-10-9-14-5-1-3-7-18(14)23-16/h1-10,12,21H,11,13H2,(H,22,24).